The molecule has 0 unspecified atom stereocenters. The number of rotatable bonds is 15. The second kappa shape index (κ2) is 18.0. The first-order valence-electron chi connectivity index (χ1n) is 14.3. The maximum atomic E-state index is 3.65. The second-order valence-electron chi connectivity index (χ2n) is 10.9. The number of hydrogen-bond acceptors (Lipinski definition) is 0. The van der Waals surface area contributed by atoms with Crippen molar-refractivity contribution in [2.75, 3.05) is 0 Å². The Morgan fingerprint density at radius 2 is 0.333 bits per heavy atom. The highest BCUT2D eigenvalue weighted by Gasteiger charge is 2.08. The normalized spacial score (nSPS) is 11.3. The SMILES string of the molecule is BrCc1cc(CBr)cc(CCc2cc(CCc3cc(CBr)cc(CBr)c3)cc(CCc3cc(CBr)cc(CBr)c3)c2)c1. The molecule has 0 N–H and O–H groups in total. The fourth-order valence-corrected chi connectivity index (χ4v) is 7.49. The summed E-state index contributed by atoms with van der Waals surface area (Å²) in [6.07, 6.45) is 6.30. The highest BCUT2D eigenvalue weighted by atomic mass is 79.9. The highest BCUT2D eigenvalue weighted by Crippen LogP contribution is 2.23. The van der Waals surface area contributed by atoms with Gasteiger partial charge in [-0.25, -0.2) is 0 Å². The number of alkyl halides is 6. The van der Waals surface area contributed by atoms with E-state index in [0.717, 1.165) is 70.5 Å². The highest BCUT2D eigenvalue weighted by molar-refractivity contribution is 9.09. The van der Waals surface area contributed by atoms with Gasteiger partial charge < -0.3 is 0 Å². The summed E-state index contributed by atoms with van der Waals surface area (Å²) in [5, 5.41) is 5.34. The van der Waals surface area contributed by atoms with Gasteiger partial charge in [0, 0.05) is 32.0 Å². The Balaban J connectivity index is 1.57. The lowest BCUT2D eigenvalue weighted by atomic mass is 9.93. The van der Waals surface area contributed by atoms with E-state index in [1.54, 1.807) is 0 Å². The largest absolute Gasteiger partial charge is 0.0876 e. The molecule has 0 heterocycles. The average molecular weight is 948 g/mol. The van der Waals surface area contributed by atoms with Crippen LogP contribution in [0.4, 0.5) is 0 Å². The van der Waals surface area contributed by atoms with E-state index < -0.39 is 0 Å². The van der Waals surface area contributed by atoms with Crippen LogP contribution in [-0.4, -0.2) is 0 Å². The Labute approximate surface area is 302 Å². The first kappa shape index (κ1) is 34.6. The van der Waals surface area contributed by atoms with Crippen LogP contribution in [-0.2, 0) is 70.5 Å². The van der Waals surface area contributed by atoms with Crippen LogP contribution < -0.4 is 0 Å². The molecule has 4 aromatic carbocycles. The molecule has 0 atom stereocenters. The Kier molecular flexibility index (Phi) is 14.9. The van der Waals surface area contributed by atoms with Crippen LogP contribution in [0.5, 0.6) is 0 Å². The van der Waals surface area contributed by atoms with Crippen molar-refractivity contribution in [2.24, 2.45) is 0 Å². The van der Waals surface area contributed by atoms with E-state index in [1.807, 2.05) is 0 Å². The van der Waals surface area contributed by atoms with Gasteiger partial charge in [0.1, 0.15) is 0 Å². The summed E-state index contributed by atoms with van der Waals surface area (Å²) < 4.78 is 0. The van der Waals surface area contributed by atoms with E-state index in [0.29, 0.717) is 0 Å². The average Bonchev–Trinajstić information content (AvgIpc) is 3.04. The topological polar surface area (TPSA) is 0 Å². The van der Waals surface area contributed by atoms with Gasteiger partial charge in [-0.2, -0.15) is 0 Å². The van der Waals surface area contributed by atoms with Gasteiger partial charge in [-0.05, 0) is 105 Å². The summed E-state index contributed by atoms with van der Waals surface area (Å²) in [5.74, 6) is 0. The predicted octanol–water partition coefficient (Wildman–Crippen LogP) is 12.4. The lowest BCUT2D eigenvalue weighted by molar-refractivity contribution is 0.900. The number of benzene rings is 4. The van der Waals surface area contributed by atoms with Crippen molar-refractivity contribution < 1.29 is 0 Å². The van der Waals surface area contributed by atoms with Crippen molar-refractivity contribution in [1.82, 2.24) is 0 Å². The molecule has 0 spiro atoms. The number of aryl methyl sites for hydroxylation is 6. The van der Waals surface area contributed by atoms with E-state index >= 15 is 0 Å². The van der Waals surface area contributed by atoms with Crippen molar-refractivity contribution in [3.05, 3.63) is 140 Å². The monoisotopic (exact) mass is 942 g/mol. The van der Waals surface area contributed by atoms with Crippen molar-refractivity contribution >= 4 is 95.6 Å². The maximum absolute atomic E-state index is 3.65. The van der Waals surface area contributed by atoms with Crippen LogP contribution in [0.25, 0.3) is 0 Å². The molecule has 6 heteroatoms. The van der Waals surface area contributed by atoms with Crippen LogP contribution >= 0.6 is 95.6 Å². The van der Waals surface area contributed by atoms with E-state index in [-0.39, 0.29) is 0 Å². The van der Waals surface area contributed by atoms with E-state index in [1.165, 1.54) is 66.8 Å². The molecule has 0 radical (unpaired) electrons. The van der Waals surface area contributed by atoms with Gasteiger partial charge in [-0.3, -0.25) is 0 Å². The molecule has 0 bridgehead atoms. The molecule has 0 amide bonds. The zero-order valence-electron chi connectivity index (χ0n) is 23.7. The lowest BCUT2D eigenvalue weighted by Gasteiger charge is -2.13. The fourth-order valence-electron chi connectivity index (χ4n) is 5.55. The van der Waals surface area contributed by atoms with Gasteiger partial charge in [0.15, 0.2) is 0 Å². The Morgan fingerprint density at radius 3 is 0.476 bits per heavy atom. The third kappa shape index (κ3) is 10.7. The van der Waals surface area contributed by atoms with Gasteiger partial charge in [-0.15, -0.1) is 0 Å². The van der Waals surface area contributed by atoms with Crippen molar-refractivity contribution in [2.45, 2.75) is 70.5 Å². The predicted molar refractivity (Wildman–Crippen MR) is 204 cm³/mol. The molecule has 0 aromatic heterocycles. The van der Waals surface area contributed by atoms with Gasteiger partial charge in [0.05, 0.1) is 0 Å². The molecule has 0 aliphatic carbocycles. The van der Waals surface area contributed by atoms with Gasteiger partial charge >= 0.3 is 0 Å². The van der Waals surface area contributed by atoms with Gasteiger partial charge in [0.25, 0.3) is 0 Å². The molecule has 42 heavy (non-hydrogen) atoms. The summed E-state index contributed by atoms with van der Waals surface area (Å²) >= 11 is 21.9. The minimum atomic E-state index is 0.889. The maximum Gasteiger partial charge on any atom is 0.0283 e. The first-order valence-corrected chi connectivity index (χ1v) is 21.0. The second-order valence-corrected chi connectivity index (χ2v) is 14.3. The van der Waals surface area contributed by atoms with Crippen LogP contribution in [0.2, 0.25) is 0 Å². The minimum Gasteiger partial charge on any atom is -0.0876 e. The zero-order valence-corrected chi connectivity index (χ0v) is 33.2. The molecule has 0 aliphatic rings. The van der Waals surface area contributed by atoms with Crippen LogP contribution in [0.1, 0.15) is 66.8 Å². The molecular formula is C36H36Br6. The molecule has 222 valence electrons. The summed E-state index contributed by atoms with van der Waals surface area (Å²) in [6, 6.07) is 28.3. The molecular weight excluding hydrogens is 912 g/mol. The van der Waals surface area contributed by atoms with Crippen molar-refractivity contribution in [1.29, 1.82) is 0 Å². The molecule has 0 saturated carbocycles. The third-order valence-corrected chi connectivity index (χ3v) is 11.4. The molecule has 4 rings (SSSR count). The standard InChI is InChI=1S/C36H36Br6/c37-19-31-10-28(11-32(16-31)20-38)4-1-25-7-26(2-5-29-12-33(21-39)17-34(13-29)22-40)9-27(8-25)3-6-30-14-35(23-41)18-36(15-30)24-42/h7-18H,1-6,19-24H2. The summed E-state index contributed by atoms with van der Waals surface area (Å²) in [5.41, 5.74) is 16.6. The zero-order chi connectivity index (χ0) is 29.9. The van der Waals surface area contributed by atoms with E-state index in [4.69, 9.17) is 0 Å². The molecule has 0 fully saturated rings. The first-order chi connectivity index (χ1) is 20.4. The molecule has 0 aliphatic heterocycles. The van der Waals surface area contributed by atoms with E-state index in [9.17, 15) is 0 Å². The van der Waals surface area contributed by atoms with Crippen molar-refractivity contribution in [3.63, 3.8) is 0 Å². The minimum absolute atomic E-state index is 0.889. The summed E-state index contributed by atoms with van der Waals surface area (Å²) in [4.78, 5) is 0. The Bertz CT molecular complexity index is 1210. The Hall–Kier alpha value is -0.240. The smallest absolute Gasteiger partial charge is 0.0283 e. The summed E-state index contributed by atoms with van der Waals surface area (Å²) in [6.45, 7) is 0. The van der Waals surface area contributed by atoms with Crippen LogP contribution in [0.15, 0.2) is 72.8 Å². The fraction of sp³-hybridized carbons (Fsp3) is 0.333. The number of hydrogen-bond donors (Lipinski definition) is 0. The van der Waals surface area contributed by atoms with Crippen molar-refractivity contribution in [3.8, 4) is 0 Å². The van der Waals surface area contributed by atoms with E-state index in [2.05, 4.69) is 168 Å². The number of halogens is 6. The Morgan fingerprint density at radius 1 is 0.214 bits per heavy atom. The van der Waals surface area contributed by atoms with Crippen LogP contribution in [0.3, 0.4) is 0 Å². The molecule has 0 nitrogen and oxygen atoms in total. The van der Waals surface area contributed by atoms with Gasteiger partial charge in [0.2, 0.25) is 0 Å². The molecule has 0 saturated heterocycles. The quantitative estimate of drug-likeness (QED) is 0.104. The summed E-state index contributed by atoms with van der Waals surface area (Å²) in [7, 11) is 0. The van der Waals surface area contributed by atoms with Gasteiger partial charge in [-0.1, -0.05) is 168 Å². The molecule has 4 aromatic rings. The van der Waals surface area contributed by atoms with Crippen LogP contribution in [0, 0.1) is 0 Å². The third-order valence-electron chi connectivity index (χ3n) is 7.48. The lowest BCUT2D eigenvalue weighted by Crippen LogP contribution is -2.01.